The van der Waals surface area contributed by atoms with Crippen molar-refractivity contribution in [2.24, 2.45) is 0 Å². The van der Waals surface area contributed by atoms with E-state index in [2.05, 4.69) is 9.44 Å². The molecule has 0 radical (unpaired) electrons. The van der Waals surface area contributed by atoms with Crippen LogP contribution in [0, 0.1) is 0 Å². The molecule has 0 aliphatic rings. The summed E-state index contributed by atoms with van der Waals surface area (Å²) >= 11 is 12.8. The molecule has 0 aliphatic heterocycles. The highest BCUT2D eigenvalue weighted by Crippen LogP contribution is 2.34. The van der Waals surface area contributed by atoms with Crippen molar-refractivity contribution in [2.45, 2.75) is 11.1 Å². The molecule has 0 amide bonds. The summed E-state index contributed by atoms with van der Waals surface area (Å²) in [6.07, 6.45) is 0. The minimum Gasteiger partial charge on any atom is -0.281 e. The maximum atomic E-state index is 12.3. The van der Waals surface area contributed by atoms with Gasteiger partial charge in [-0.05, 0) is 30.5 Å². The van der Waals surface area contributed by atoms with Crippen LogP contribution in [0.5, 0.6) is 0 Å². The molecule has 1 aromatic heterocycles. The van der Waals surface area contributed by atoms with Gasteiger partial charge in [0.1, 0.15) is 4.21 Å². The van der Waals surface area contributed by atoms with Crippen LogP contribution in [0.15, 0.2) is 33.9 Å². The Bertz CT molecular complexity index is 910. The topological polar surface area (TPSA) is 92.3 Å². The predicted octanol–water partition coefficient (Wildman–Crippen LogP) is 3.62. The number of benzene rings is 1. The van der Waals surface area contributed by atoms with Crippen molar-refractivity contribution in [3.63, 3.8) is 0 Å². The van der Waals surface area contributed by atoms with Gasteiger partial charge in [0.05, 0.1) is 27.2 Å². The number of hydrogen-bond donors (Lipinski definition) is 2. The smallest absolute Gasteiger partial charge is 0.271 e. The highest BCUT2D eigenvalue weighted by atomic mass is 35.5. The average molecular weight is 415 g/mol. The van der Waals surface area contributed by atoms with Crippen LogP contribution >= 0.6 is 34.5 Å². The van der Waals surface area contributed by atoms with Crippen molar-refractivity contribution >= 4 is 66.0 Å². The van der Waals surface area contributed by atoms with Crippen LogP contribution in [0.2, 0.25) is 10.0 Å². The first-order chi connectivity index (χ1) is 10.6. The second kappa shape index (κ2) is 6.86. The van der Waals surface area contributed by atoms with Gasteiger partial charge in [-0.3, -0.25) is 9.44 Å². The van der Waals surface area contributed by atoms with E-state index < -0.39 is 20.0 Å². The van der Waals surface area contributed by atoms with Gasteiger partial charge in [0.25, 0.3) is 10.0 Å². The molecule has 2 rings (SSSR count). The fourth-order valence-electron chi connectivity index (χ4n) is 1.57. The second-order valence-electron chi connectivity index (χ2n) is 4.35. The summed E-state index contributed by atoms with van der Waals surface area (Å²) in [4.78, 5) is 0. The zero-order valence-electron chi connectivity index (χ0n) is 11.7. The Kier molecular flexibility index (Phi) is 5.47. The zero-order valence-corrected chi connectivity index (χ0v) is 15.7. The largest absolute Gasteiger partial charge is 0.281 e. The minimum absolute atomic E-state index is 0.00128. The standard InChI is InChI=1S/C12H12Cl2N2O4S3/c1-2-22(17,18)15-10-6-8(13)9(14)7-11(10)16-23(19,20)12-4-3-5-21-12/h3-7,15-16H,2H2,1H3. The van der Waals surface area contributed by atoms with Gasteiger partial charge in [-0.1, -0.05) is 29.3 Å². The van der Waals surface area contributed by atoms with E-state index in [-0.39, 0.29) is 31.4 Å². The Morgan fingerprint density at radius 2 is 1.61 bits per heavy atom. The highest BCUT2D eigenvalue weighted by molar-refractivity contribution is 7.94. The maximum absolute atomic E-state index is 12.3. The van der Waals surface area contributed by atoms with Gasteiger partial charge >= 0.3 is 0 Å². The molecule has 0 fully saturated rings. The Hall–Kier alpha value is -1.00. The van der Waals surface area contributed by atoms with Crippen molar-refractivity contribution in [3.8, 4) is 0 Å². The fourth-order valence-corrected chi connectivity index (χ4v) is 4.61. The molecule has 0 spiro atoms. The van der Waals surface area contributed by atoms with Crippen molar-refractivity contribution < 1.29 is 16.8 Å². The van der Waals surface area contributed by atoms with Gasteiger partial charge < -0.3 is 0 Å². The molecule has 0 aliphatic carbocycles. The van der Waals surface area contributed by atoms with Crippen molar-refractivity contribution in [1.82, 2.24) is 0 Å². The molecule has 11 heteroatoms. The average Bonchev–Trinajstić information content (AvgIpc) is 2.99. The van der Waals surface area contributed by atoms with Crippen LogP contribution in [0.3, 0.4) is 0 Å². The van der Waals surface area contributed by atoms with E-state index in [1.54, 1.807) is 11.4 Å². The normalized spacial score (nSPS) is 12.1. The third-order valence-corrected chi connectivity index (χ3v) is 7.49. The molecule has 0 bridgehead atoms. The zero-order chi connectivity index (χ0) is 17.3. The van der Waals surface area contributed by atoms with Crippen LogP contribution < -0.4 is 9.44 Å². The maximum Gasteiger partial charge on any atom is 0.271 e. The molecule has 2 aromatic rings. The third-order valence-electron chi connectivity index (χ3n) is 2.71. The lowest BCUT2D eigenvalue weighted by molar-refractivity contribution is 0.600. The molecule has 1 aromatic carbocycles. The lowest BCUT2D eigenvalue weighted by atomic mass is 10.3. The Morgan fingerprint density at radius 3 is 2.09 bits per heavy atom. The van der Waals surface area contributed by atoms with Crippen molar-refractivity contribution in [2.75, 3.05) is 15.2 Å². The Balaban J connectivity index is 2.47. The van der Waals surface area contributed by atoms with Gasteiger partial charge in [0.2, 0.25) is 10.0 Å². The van der Waals surface area contributed by atoms with Gasteiger partial charge in [-0.15, -0.1) is 11.3 Å². The second-order valence-corrected chi connectivity index (χ2v) is 10.0. The lowest BCUT2D eigenvalue weighted by Crippen LogP contribution is -2.18. The summed E-state index contributed by atoms with van der Waals surface area (Å²) in [6.45, 7) is 1.45. The van der Waals surface area contributed by atoms with Gasteiger partial charge in [0, 0.05) is 0 Å². The monoisotopic (exact) mass is 414 g/mol. The Labute approximate surface area is 148 Å². The first-order valence-electron chi connectivity index (χ1n) is 6.20. The van der Waals surface area contributed by atoms with Crippen LogP contribution in [0.25, 0.3) is 0 Å². The molecule has 1 heterocycles. The van der Waals surface area contributed by atoms with Crippen LogP contribution in [-0.4, -0.2) is 22.6 Å². The van der Waals surface area contributed by atoms with E-state index in [1.165, 1.54) is 25.1 Å². The minimum atomic E-state index is -3.85. The molecule has 126 valence electrons. The molecule has 2 N–H and O–H groups in total. The van der Waals surface area contributed by atoms with E-state index in [9.17, 15) is 16.8 Å². The summed E-state index contributed by atoms with van der Waals surface area (Å²) in [5.41, 5.74) is -0.00814. The number of hydrogen-bond acceptors (Lipinski definition) is 5. The fraction of sp³-hybridized carbons (Fsp3) is 0.167. The molecule has 6 nitrogen and oxygen atoms in total. The third kappa shape index (κ3) is 4.51. The molecular weight excluding hydrogens is 403 g/mol. The molecular formula is C12H12Cl2N2O4S3. The summed E-state index contributed by atoms with van der Waals surface area (Å²) < 4.78 is 52.8. The first kappa shape index (κ1) is 18.3. The number of anilines is 2. The highest BCUT2D eigenvalue weighted by Gasteiger charge is 2.20. The van der Waals surface area contributed by atoms with Gasteiger partial charge in [0.15, 0.2) is 0 Å². The first-order valence-corrected chi connectivity index (χ1v) is 11.0. The van der Waals surface area contributed by atoms with E-state index in [0.29, 0.717) is 0 Å². The van der Waals surface area contributed by atoms with Crippen LogP contribution in [0.4, 0.5) is 11.4 Å². The summed E-state index contributed by atoms with van der Waals surface area (Å²) in [5, 5.41) is 1.80. The number of thiophene rings is 1. The summed E-state index contributed by atoms with van der Waals surface area (Å²) in [7, 11) is -7.47. The van der Waals surface area contributed by atoms with E-state index in [1.807, 2.05) is 0 Å². The summed E-state index contributed by atoms with van der Waals surface area (Å²) in [6, 6.07) is 5.53. The van der Waals surface area contributed by atoms with Gasteiger partial charge in [-0.25, -0.2) is 16.8 Å². The van der Waals surface area contributed by atoms with Gasteiger partial charge in [-0.2, -0.15) is 0 Å². The quantitative estimate of drug-likeness (QED) is 0.754. The van der Waals surface area contributed by atoms with E-state index in [4.69, 9.17) is 23.2 Å². The molecule has 23 heavy (non-hydrogen) atoms. The van der Waals surface area contributed by atoms with Crippen LogP contribution in [0.1, 0.15) is 6.92 Å². The molecule has 0 saturated heterocycles. The number of sulfonamides is 2. The number of halogens is 2. The summed E-state index contributed by atoms with van der Waals surface area (Å²) in [5.74, 6) is -0.176. The van der Waals surface area contributed by atoms with Crippen molar-refractivity contribution in [1.29, 1.82) is 0 Å². The SMILES string of the molecule is CCS(=O)(=O)Nc1cc(Cl)c(Cl)cc1NS(=O)(=O)c1cccs1. The molecule has 0 atom stereocenters. The predicted molar refractivity (Wildman–Crippen MR) is 94.7 cm³/mol. The number of rotatable bonds is 6. The van der Waals surface area contributed by atoms with Crippen molar-refractivity contribution in [3.05, 3.63) is 39.7 Å². The number of nitrogens with one attached hydrogen (secondary N) is 2. The molecule has 0 saturated carbocycles. The lowest BCUT2D eigenvalue weighted by Gasteiger charge is -2.14. The Morgan fingerprint density at radius 1 is 1.04 bits per heavy atom. The van der Waals surface area contributed by atoms with Crippen LogP contribution in [-0.2, 0) is 20.0 Å². The van der Waals surface area contributed by atoms with E-state index in [0.717, 1.165) is 11.3 Å². The van der Waals surface area contributed by atoms with E-state index >= 15 is 0 Å². The molecule has 0 unspecified atom stereocenters.